The maximum absolute atomic E-state index is 14.9. The van der Waals surface area contributed by atoms with Crippen LogP contribution >= 0.6 is 11.8 Å². The van der Waals surface area contributed by atoms with E-state index in [1.807, 2.05) is 10.3 Å². The molecule has 170 valence electrons. The summed E-state index contributed by atoms with van der Waals surface area (Å²) >= 11 is 1.38. The highest BCUT2D eigenvalue weighted by atomic mass is 32.2. The summed E-state index contributed by atoms with van der Waals surface area (Å²) in [5, 5.41) is 5.64. The normalized spacial score (nSPS) is 21.1. The van der Waals surface area contributed by atoms with Gasteiger partial charge in [-0.15, -0.1) is 0 Å². The number of carbonyl (C=O) groups excluding carboxylic acids is 2. The van der Waals surface area contributed by atoms with E-state index in [4.69, 9.17) is 4.74 Å². The van der Waals surface area contributed by atoms with Crippen LogP contribution in [0.1, 0.15) is 64.0 Å². The molecule has 2 heterocycles. The van der Waals surface area contributed by atoms with E-state index < -0.39 is 17.8 Å². The number of esters is 1. The second-order valence-corrected chi connectivity index (χ2v) is 9.05. The molecular weight excluding hydrogens is 429 g/mol. The van der Waals surface area contributed by atoms with Gasteiger partial charge >= 0.3 is 5.97 Å². The highest BCUT2D eigenvalue weighted by Gasteiger charge is 2.42. The fraction of sp³-hybridized carbons (Fsp3) is 0.458. The van der Waals surface area contributed by atoms with Gasteiger partial charge in [-0.3, -0.25) is 4.79 Å². The van der Waals surface area contributed by atoms with Crippen LogP contribution in [0.25, 0.3) is 0 Å². The Labute approximate surface area is 192 Å². The van der Waals surface area contributed by atoms with Gasteiger partial charge in [0.05, 0.1) is 30.3 Å². The first-order valence-electron chi connectivity index (χ1n) is 11.1. The fourth-order valence-electron chi connectivity index (χ4n) is 4.52. The molecule has 0 radical (unpaired) electrons. The molecule has 2 aliphatic heterocycles. The number of carbonyl (C=O) groups is 2. The molecule has 32 heavy (non-hydrogen) atoms. The average molecular weight is 458 g/mol. The molecule has 1 aromatic carbocycles. The summed E-state index contributed by atoms with van der Waals surface area (Å²) in [7, 11) is 0. The predicted octanol–water partition coefficient (Wildman–Crippen LogP) is 4.80. The van der Waals surface area contributed by atoms with Crippen molar-refractivity contribution in [3.8, 4) is 0 Å². The number of nitrogens with zero attached hydrogens (tertiary/aromatic N) is 2. The first-order chi connectivity index (χ1) is 15.5. The van der Waals surface area contributed by atoms with Gasteiger partial charge in [-0.2, -0.15) is 0 Å². The summed E-state index contributed by atoms with van der Waals surface area (Å²) in [6.45, 7) is 3.67. The molecule has 6 nitrogen and oxygen atoms in total. The van der Waals surface area contributed by atoms with Gasteiger partial charge < -0.3 is 15.0 Å². The molecule has 0 aromatic heterocycles. The van der Waals surface area contributed by atoms with Crippen LogP contribution in [0.2, 0.25) is 0 Å². The minimum absolute atomic E-state index is 0.0683. The highest BCUT2D eigenvalue weighted by Crippen LogP contribution is 2.45. The number of nitrogens with one attached hydrogen (secondary N) is 1. The zero-order valence-corrected chi connectivity index (χ0v) is 19.2. The van der Waals surface area contributed by atoms with Crippen molar-refractivity contribution in [3.63, 3.8) is 0 Å². The molecule has 3 aliphatic rings. The van der Waals surface area contributed by atoms with Gasteiger partial charge in [-0.25, -0.2) is 14.2 Å². The SMILES string of the molecule is CCOC(=O)C1=C(C)N=C2SC=C(CC(=O)NC3CCCCC3)N2C1c1ccccc1F. The van der Waals surface area contributed by atoms with Gasteiger partial charge in [0.1, 0.15) is 5.82 Å². The molecule has 1 amide bonds. The van der Waals surface area contributed by atoms with E-state index in [0.717, 1.165) is 25.7 Å². The van der Waals surface area contributed by atoms with Gasteiger partial charge in [-0.05, 0) is 38.2 Å². The first kappa shape index (κ1) is 22.6. The van der Waals surface area contributed by atoms with Crippen LogP contribution in [0.15, 0.2) is 51.6 Å². The molecule has 1 unspecified atom stereocenters. The van der Waals surface area contributed by atoms with Crippen molar-refractivity contribution >= 4 is 28.8 Å². The Morgan fingerprint density at radius 3 is 2.72 bits per heavy atom. The number of aliphatic imine (C=N–C) groups is 1. The second-order valence-electron chi connectivity index (χ2n) is 8.21. The Morgan fingerprint density at radius 1 is 1.25 bits per heavy atom. The van der Waals surface area contributed by atoms with E-state index in [2.05, 4.69) is 10.3 Å². The number of hydrogen-bond acceptors (Lipinski definition) is 6. The molecule has 0 saturated heterocycles. The topological polar surface area (TPSA) is 71.0 Å². The summed E-state index contributed by atoms with van der Waals surface area (Å²) in [4.78, 5) is 32.1. The summed E-state index contributed by atoms with van der Waals surface area (Å²) in [5.74, 6) is -1.01. The lowest BCUT2D eigenvalue weighted by Gasteiger charge is -2.36. The van der Waals surface area contributed by atoms with E-state index in [1.165, 1.54) is 24.2 Å². The van der Waals surface area contributed by atoms with Crippen LogP contribution in [0.5, 0.6) is 0 Å². The molecule has 1 saturated carbocycles. The number of rotatable bonds is 6. The number of hydrogen-bond donors (Lipinski definition) is 1. The second kappa shape index (κ2) is 9.90. The highest BCUT2D eigenvalue weighted by molar-refractivity contribution is 8.16. The summed E-state index contributed by atoms with van der Waals surface area (Å²) in [5.41, 5.74) is 1.84. The van der Waals surface area contributed by atoms with E-state index >= 15 is 0 Å². The average Bonchev–Trinajstić information content (AvgIpc) is 3.16. The van der Waals surface area contributed by atoms with Crippen molar-refractivity contribution in [2.45, 2.75) is 64.5 Å². The predicted molar refractivity (Wildman–Crippen MR) is 123 cm³/mol. The smallest absolute Gasteiger partial charge is 0.338 e. The van der Waals surface area contributed by atoms with Gasteiger partial charge in [-0.1, -0.05) is 49.2 Å². The number of benzene rings is 1. The third kappa shape index (κ3) is 4.60. The third-order valence-corrected chi connectivity index (χ3v) is 6.90. The minimum Gasteiger partial charge on any atom is -0.463 e. The maximum atomic E-state index is 14.9. The lowest BCUT2D eigenvalue weighted by atomic mass is 9.93. The molecule has 1 aliphatic carbocycles. The number of allylic oxidation sites excluding steroid dienone is 1. The van der Waals surface area contributed by atoms with Crippen LogP contribution < -0.4 is 5.32 Å². The number of fused-ring (bicyclic) bond motifs is 1. The number of amides is 1. The third-order valence-electron chi connectivity index (χ3n) is 6.01. The number of amidine groups is 1. The Bertz CT molecular complexity index is 998. The largest absolute Gasteiger partial charge is 0.463 e. The fourth-order valence-corrected chi connectivity index (χ4v) is 5.49. The Hall–Kier alpha value is -2.61. The van der Waals surface area contributed by atoms with Crippen LogP contribution in [0, 0.1) is 5.82 Å². The molecular formula is C24H28FN3O3S. The molecule has 1 fully saturated rings. The molecule has 1 atom stereocenters. The summed E-state index contributed by atoms with van der Waals surface area (Å²) < 4.78 is 20.2. The summed E-state index contributed by atoms with van der Waals surface area (Å²) in [6, 6.07) is 5.86. The number of ether oxygens (including phenoxy) is 1. The zero-order valence-electron chi connectivity index (χ0n) is 18.4. The van der Waals surface area contributed by atoms with E-state index in [1.54, 1.807) is 32.0 Å². The lowest BCUT2D eigenvalue weighted by Crippen LogP contribution is -2.40. The van der Waals surface area contributed by atoms with Crippen LogP contribution in [-0.2, 0) is 14.3 Å². The number of halogens is 1. The van der Waals surface area contributed by atoms with Gasteiger partial charge in [0.15, 0.2) is 5.17 Å². The van der Waals surface area contributed by atoms with Crippen LogP contribution in [-0.4, -0.2) is 34.6 Å². The molecule has 8 heteroatoms. The standard InChI is InChI=1S/C24H28FN3O3S/c1-3-31-23(30)21-15(2)26-24-28(22(21)18-11-7-8-12-19(18)25)17(14-32-24)13-20(29)27-16-9-5-4-6-10-16/h7-8,11-12,14,16,22H,3-6,9-10,13H2,1-2H3,(H,27,29). The molecule has 0 bridgehead atoms. The van der Waals surface area contributed by atoms with Crippen molar-refractivity contribution < 1.29 is 18.7 Å². The van der Waals surface area contributed by atoms with Gasteiger partial charge in [0, 0.05) is 17.3 Å². The molecule has 4 rings (SSSR count). The maximum Gasteiger partial charge on any atom is 0.338 e. The number of thioether (sulfide) groups is 1. The van der Waals surface area contributed by atoms with Gasteiger partial charge in [0.2, 0.25) is 5.91 Å². The Morgan fingerprint density at radius 2 is 2.00 bits per heavy atom. The monoisotopic (exact) mass is 457 g/mol. The Balaban J connectivity index is 1.64. The van der Waals surface area contributed by atoms with E-state index in [0.29, 0.717) is 27.7 Å². The molecule has 0 spiro atoms. The van der Waals surface area contributed by atoms with Crippen LogP contribution in [0.4, 0.5) is 4.39 Å². The van der Waals surface area contributed by atoms with Crippen molar-refractivity contribution in [1.29, 1.82) is 0 Å². The quantitative estimate of drug-likeness (QED) is 0.621. The van der Waals surface area contributed by atoms with Crippen molar-refractivity contribution in [3.05, 3.63) is 58.0 Å². The van der Waals surface area contributed by atoms with E-state index in [-0.39, 0.29) is 25.0 Å². The van der Waals surface area contributed by atoms with Crippen molar-refractivity contribution in [1.82, 2.24) is 10.2 Å². The first-order valence-corrected chi connectivity index (χ1v) is 12.0. The van der Waals surface area contributed by atoms with Crippen molar-refractivity contribution in [2.75, 3.05) is 6.61 Å². The molecule has 1 N–H and O–H groups in total. The van der Waals surface area contributed by atoms with Crippen LogP contribution in [0.3, 0.4) is 0 Å². The molecule has 1 aromatic rings. The van der Waals surface area contributed by atoms with Gasteiger partial charge in [0.25, 0.3) is 0 Å². The van der Waals surface area contributed by atoms with Crippen molar-refractivity contribution in [2.24, 2.45) is 4.99 Å². The Kier molecular flexibility index (Phi) is 6.98. The van der Waals surface area contributed by atoms with E-state index in [9.17, 15) is 14.0 Å². The zero-order chi connectivity index (χ0) is 22.7. The summed E-state index contributed by atoms with van der Waals surface area (Å²) in [6.07, 6.45) is 5.63. The minimum atomic E-state index is -0.744. The lowest BCUT2D eigenvalue weighted by molar-refractivity contribution is -0.139.